The molecule has 0 spiro atoms. The molecule has 3 heteroatoms. The minimum atomic E-state index is 0.745. The summed E-state index contributed by atoms with van der Waals surface area (Å²) in [5.74, 6) is 7.15. The van der Waals surface area contributed by atoms with Crippen LogP contribution in [0.4, 0.5) is 0 Å². The first kappa shape index (κ1) is 12.7. The highest BCUT2D eigenvalue weighted by Crippen LogP contribution is 2.17. The van der Waals surface area contributed by atoms with E-state index < -0.39 is 0 Å². The number of rotatable bonds is 2. The van der Waals surface area contributed by atoms with Gasteiger partial charge in [0.25, 0.3) is 0 Å². The van der Waals surface area contributed by atoms with Gasteiger partial charge in [0.15, 0.2) is 5.82 Å². The lowest BCUT2D eigenvalue weighted by molar-refractivity contribution is 0.798. The Morgan fingerprint density at radius 1 is 1.25 bits per heavy atom. The zero-order chi connectivity index (χ0) is 13.9. The van der Waals surface area contributed by atoms with E-state index in [1.165, 1.54) is 0 Å². The minimum absolute atomic E-state index is 0.745. The van der Waals surface area contributed by atoms with Crippen molar-refractivity contribution in [2.75, 3.05) is 0 Å². The van der Waals surface area contributed by atoms with Gasteiger partial charge in [0, 0.05) is 6.54 Å². The van der Waals surface area contributed by atoms with Gasteiger partial charge in [0.2, 0.25) is 0 Å². The number of allylic oxidation sites excluding steroid dienone is 1. The molecule has 2 heterocycles. The van der Waals surface area contributed by atoms with E-state index in [0.717, 1.165) is 33.9 Å². The van der Waals surface area contributed by atoms with Crippen molar-refractivity contribution in [2.45, 2.75) is 13.5 Å². The van der Waals surface area contributed by atoms with Crippen LogP contribution in [0.3, 0.4) is 0 Å². The van der Waals surface area contributed by atoms with Crippen LogP contribution in [0.15, 0.2) is 53.9 Å². The van der Waals surface area contributed by atoms with E-state index in [1.54, 1.807) is 11.3 Å². The number of para-hydroxylation sites is 2. The first-order chi connectivity index (χ1) is 9.74. The summed E-state index contributed by atoms with van der Waals surface area (Å²) in [5.41, 5.74) is 3.17. The quantitative estimate of drug-likeness (QED) is 0.510. The molecular formula is C17H14N2S. The molecule has 98 valence electrons. The van der Waals surface area contributed by atoms with Crippen LogP contribution in [0.5, 0.6) is 0 Å². The largest absolute Gasteiger partial charge is 0.313 e. The Labute approximate surface area is 122 Å². The summed E-state index contributed by atoms with van der Waals surface area (Å²) in [7, 11) is 0. The number of thiophene rings is 1. The van der Waals surface area contributed by atoms with Gasteiger partial charge in [-0.25, -0.2) is 4.98 Å². The summed E-state index contributed by atoms with van der Waals surface area (Å²) in [5, 5.41) is 2.03. The minimum Gasteiger partial charge on any atom is -0.313 e. The standard InChI is InChI=1S/C17H14N2S/c1-13(2)12-19-16-8-4-3-7-15(16)18-17(19)10-9-14-6-5-11-20-14/h3-8,11H,1,12H2,2H3. The van der Waals surface area contributed by atoms with Crippen molar-refractivity contribution in [1.29, 1.82) is 0 Å². The van der Waals surface area contributed by atoms with Gasteiger partial charge in [-0.15, -0.1) is 11.3 Å². The summed E-state index contributed by atoms with van der Waals surface area (Å²) in [4.78, 5) is 5.67. The van der Waals surface area contributed by atoms with Crippen molar-refractivity contribution in [2.24, 2.45) is 0 Å². The van der Waals surface area contributed by atoms with Gasteiger partial charge < -0.3 is 4.57 Å². The zero-order valence-corrected chi connectivity index (χ0v) is 12.1. The summed E-state index contributed by atoms with van der Waals surface area (Å²) in [6, 6.07) is 12.1. The monoisotopic (exact) mass is 278 g/mol. The second-order valence-corrected chi connectivity index (χ2v) is 5.64. The number of aromatic nitrogens is 2. The maximum absolute atomic E-state index is 4.62. The molecule has 0 saturated carbocycles. The molecular weight excluding hydrogens is 264 g/mol. The molecule has 0 fully saturated rings. The van der Waals surface area contributed by atoms with Crippen LogP contribution in [0, 0.1) is 11.8 Å². The topological polar surface area (TPSA) is 17.8 Å². The Balaban J connectivity index is 2.11. The van der Waals surface area contributed by atoms with E-state index in [1.807, 2.05) is 42.6 Å². The molecule has 2 aromatic heterocycles. The average molecular weight is 278 g/mol. The first-order valence-corrected chi connectivity index (χ1v) is 7.27. The van der Waals surface area contributed by atoms with E-state index in [-0.39, 0.29) is 0 Å². The van der Waals surface area contributed by atoms with Crippen molar-refractivity contribution < 1.29 is 0 Å². The number of hydrogen-bond donors (Lipinski definition) is 0. The maximum Gasteiger partial charge on any atom is 0.187 e. The van der Waals surface area contributed by atoms with E-state index in [2.05, 4.69) is 34.0 Å². The van der Waals surface area contributed by atoms with Gasteiger partial charge in [0.1, 0.15) is 0 Å². The first-order valence-electron chi connectivity index (χ1n) is 6.39. The third-order valence-corrected chi connectivity index (χ3v) is 3.69. The maximum atomic E-state index is 4.62. The fourth-order valence-electron chi connectivity index (χ4n) is 2.07. The molecule has 0 aliphatic heterocycles. The highest BCUT2D eigenvalue weighted by molar-refractivity contribution is 7.10. The van der Waals surface area contributed by atoms with Crippen molar-refractivity contribution in [1.82, 2.24) is 9.55 Å². The molecule has 0 saturated heterocycles. The lowest BCUT2D eigenvalue weighted by atomic mass is 10.3. The van der Waals surface area contributed by atoms with Gasteiger partial charge in [-0.3, -0.25) is 0 Å². The molecule has 0 amide bonds. The molecule has 20 heavy (non-hydrogen) atoms. The van der Waals surface area contributed by atoms with E-state index in [9.17, 15) is 0 Å². The lowest BCUT2D eigenvalue weighted by Gasteiger charge is -2.04. The van der Waals surface area contributed by atoms with E-state index in [0.29, 0.717) is 0 Å². The zero-order valence-electron chi connectivity index (χ0n) is 11.3. The van der Waals surface area contributed by atoms with Gasteiger partial charge in [-0.05, 0) is 42.3 Å². The van der Waals surface area contributed by atoms with Crippen molar-refractivity contribution in [3.05, 3.63) is 64.6 Å². The number of fused-ring (bicyclic) bond motifs is 1. The third kappa shape index (κ3) is 2.52. The Bertz CT molecular complexity index is 814. The van der Waals surface area contributed by atoms with Crippen LogP contribution in [-0.4, -0.2) is 9.55 Å². The van der Waals surface area contributed by atoms with Gasteiger partial charge in [-0.2, -0.15) is 0 Å². The summed E-state index contributed by atoms with van der Waals surface area (Å²) < 4.78 is 2.12. The van der Waals surface area contributed by atoms with E-state index in [4.69, 9.17) is 0 Å². The summed E-state index contributed by atoms with van der Waals surface area (Å²) in [6.07, 6.45) is 0. The van der Waals surface area contributed by atoms with Crippen LogP contribution in [0.1, 0.15) is 17.6 Å². The molecule has 0 N–H and O–H groups in total. The van der Waals surface area contributed by atoms with Gasteiger partial charge in [0.05, 0.1) is 15.9 Å². The molecule has 0 unspecified atom stereocenters. The molecule has 0 atom stereocenters. The summed E-state index contributed by atoms with van der Waals surface area (Å²) in [6.45, 7) is 6.76. The number of hydrogen-bond acceptors (Lipinski definition) is 2. The molecule has 0 aliphatic rings. The van der Waals surface area contributed by atoms with Gasteiger partial charge >= 0.3 is 0 Å². The predicted octanol–water partition coefficient (Wildman–Crippen LogP) is 4.07. The van der Waals surface area contributed by atoms with E-state index >= 15 is 0 Å². The number of imidazole rings is 1. The predicted molar refractivity (Wildman–Crippen MR) is 84.8 cm³/mol. The fourth-order valence-corrected chi connectivity index (χ4v) is 2.64. The van der Waals surface area contributed by atoms with Crippen molar-refractivity contribution in [3.8, 4) is 11.8 Å². The smallest absolute Gasteiger partial charge is 0.187 e. The van der Waals surface area contributed by atoms with Crippen LogP contribution < -0.4 is 0 Å². The second kappa shape index (κ2) is 5.36. The Morgan fingerprint density at radius 3 is 2.85 bits per heavy atom. The van der Waals surface area contributed by atoms with Crippen LogP contribution in [-0.2, 0) is 6.54 Å². The SMILES string of the molecule is C=C(C)Cn1c(C#Cc2cccs2)nc2ccccc21. The Hall–Kier alpha value is -2.31. The molecule has 0 radical (unpaired) electrons. The number of nitrogens with zero attached hydrogens (tertiary/aromatic N) is 2. The Morgan fingerprint density at radius 2 is 2.10 bits per heavy atom. The third-order valence-electron chi connectivity index (χ3n) is 2.90. The second-order valence-electron chi connectivity index (χ2n) is 4.69. The molecule has 2 nitrogen and oxygen atoms in total. The van der Waals surface area contributed by atoms with Crippen LogP contribution in [0.25, 0.3) is 11.0 Å². The molecule has 3 aromatic rings. The normalized spacial score (nSPS) is 10.2. The molecule has 0 bridgehead atoms. The average Bonchev–Trinajstić information content (AvgIpc) is 3.04. The molecule has 0 aliphatic carbocycles. The molecule has 3 rings (SSSR count). The van der Waals surface area contributed by atoms with Crippen molar-refractivity contribution >= 4 is 22.4 Å². The lowest BCUT2D eigenvalue weighted by Crippen LogP contribution is -2.01. The van der Waals surface area contributed by atoms with Crippen LogP contribution >= 0.6 is 11.3 Å². The molecule has 1 aromatic carbocycles. The summed E-state index contributed by atoms with van der Waals surface area (Å²) >= 11 is 1.64. The highest BCUT2D eigenvalue weighted by Gasteiger charge is 2.08. The highest BCUT2D eigenvalue weighted by atomic mass is 32.1. The fraction of sp³-hybridized carbons (Fsp3) is 0.118. The van der Waals surface area contributed by atoms with Gasteiger partial charge in [-0.1, -0.05) is 30.4 Å². The Kier molecular flexibility index (Phi) is 3.41. The van der Waals surface area contributed by atoms with Crippen molar-refractivity contribution in [3.63, 3.8) is 0 Å². The number of benzene rings is 1. The van der Waals surface area contributed by atoms with Crippen LogP contribution in [0.2, 0.25) is 0 Å².